The maximum atomic E-state index is 13.2. The molecule has 0 aliphatic heterocycles. The molecule has 2 unspecified atom stereocenters. The summed E-state index contributed by atoms with van der Waals surface area (Å²) in [4.78, 5) is 25.8. The molecule has 1 aromatic rings. The van der Waals surface area contributed by atoms with Crippen molar-refractivity contribution < 1.29 is 27.5 Å². The molecule has 6 heteroatoms. The van der Waals surface area contributed by atoms with E-state index in [0.717, 1.165) is 31.4 Å². The van der Waals surface area contributed by atoms with Gasteiger partial charge in [-0.1, -0.05) is 42.5 Å². The molecular formula is C25H29F3O3. The number of ketones is 1. The molecular weight excluding hydrogens is 405 g/mol. The lowest BCUT2D eigenvalue weighted by Gasteiger charge is -2.33. The average molecular weight is 434 g/mol. The van der Waals surface area contributed by atoms with Gasteiger partial charge in [-0.05, 0) is 68.9 Å². The smallest absolute Gasteiger partial charge is 0.416 e. The molecule has 0 bridgehead atoms. The van der Waals surface area contributed by atoms with E-state index in [2.05, 4.69) is 18.2 Å². The average Bonchev–Trinajstić information content (AvgIpc) is 2.77. The summed E-state index contributed by atoms with van der Waals surface area (Å²) in [7, 11) is 0. The third-order valence-corrected chi connectivity index (χ3v) is 6.40. The fourth-order valence-corrected chi connectivity index (χ4v) is 4.72. The van der Waals surface area contributed by atoms with E-state index < -0.39 is 23.6 Å². The second kappa shape index (κ2) is 10.3. The van der Waals surface area contributed by atoms with Crippen molar-refractivity contribution in [3.63, 3.8) is 0 Å². The van der Waals surface area contributed by atoms with Crippen molar-refractivity contribution >= 4 is 11.8 Å². The Labute approximate surface area is 181 Å². The first-order chi connectivity index (χ1) is 14.8. The molecule has 2 atom stereocenters. The standard InChI is InChI=1S/C25H29F3O3/c1-2-31-24(30)22(16-17-7-6-10-21(15-17)25(26,27)28)23(29)20-13-11-19(12-14-20)18-8-4-3-5-9-18/h3-8,10,15,18-20,22H,2,9,11-14,16H2,1H3. The number of benzene rings is 1. The van der Waals surface area contributed by atoms with Gasteiger partial charge in [0, 0.05) is 5.92 Å². The first kappa shape index (κ1) is 23.3. The summed E-state index contributed by atoms with van der Waals surface area (Å²) in [5.74, 6) is -1.15. The molecule has 3 rings (SSSR count). The summed E-state index contributed by atoms with van der Waals surface area (Å²) in [6.45, 7) is 1.78. The molecule has 2 aliphatic rings. The summed E-state index contributed by atoms with van der Waals surface area (Å²) in [5, 5.41) is 0. The lowest BCUT2D eigenvalue weighted by molar-refractivity contribution is -0.153. The second-order valence-electron chi connectivity index (χ2n) is 8.43. The molecule has 0 spiro atoms. The maximum Gasteiger partial charge on any atom is 0.416 e. The summed E-state index contributed by atoms with van der Waals surface area (Å²) in [5.41, 5.74) is -0.468. The van der Waals surface area contributed by atoms with Gasteiger partial charge in [-0.3, -0.25) is 9.59 Å². The third kappa shape index (κ3) is 6.08. The highest BCUT2D eigenvalue weighted by atomic mass is 19.4. The lowest BCUT2D eigenvalue weighted by atomic mass is 9.71. The van der Waals surface area contributed by atoms with Gasteiger partial charge in [0.15, 0.2) is 5.78 Å². The minimum Gasteiger partial charge on any atom is -0.465 e. The molecule has 0 heterocycles. The Morgan fingerprint density at radius 3 is 2.48 bits per heavy atom. The van der Waals surface area contributed by atoms with Crippen LogP contribution in [0.2, 0.25) is 0 Å². The minimum absolute atomic E-state index is 0.0718. The molecule has 0 saturated heterocycles. The fourth-order valence-electron chi connectivity index (χ4n) is 4.72. The number of hydrogen-bond donors (Lipinski definition) is 0. The third-order valence-electron chi connectivity index (χ3n) is 6.40. The normalized spacial score (nSPS) is 24.6. The van der Waals surface area contributed by atoms with E-state index in [1.54, 1.807) is 6.92 Å². The number of hydrogen-bond acceptors (Lipinski definition) is 3. The zero-order valence-electron chi connectivity index (χ0n) is 17.7. The molecule has 1 fully saturated rings. The predicted octanol–water partition coefficient (Wildman–Crippen LogP) is 5.94. The largest absolute Gasteiger partial charge is 0.465 e. The van der Waals surface area contributed by atoms with Crippen LogP contribution in [0.25, 0.3) is 0 Å². The number of carbonyl (C=O) groups is 2. The van der Waals surface area contributed by atoms with Crippen LogP contribution in [-0.2, 0) is 26.9 Å². The van der Waals surface area contributed by atoms with E-state index in [1.165, 1.54) is 12.1 Å². The highest BCUT2D eigenvalue weighted by molar-refractivity contribution is 6.00. The van der Waals surface area contributed by atoms with E-state index in [0.29, 0.717) is 30.2 Å². The number of Topliss-reactive ketones (excluding diaryl/α,β-unsaturated/α-hetero) is 1. The van der Waals surface area contributed by atoms with Crippen molar-refractivity contribution in [3.8, 4) is 0 Å². The highest BCUT2D eigenvalue weighted by Gasteiger charge is 2.37. The quantitative estimate of drug-likeness (QED) is 0.394. The SMILES string of the molecule is CCOC(=O)C(Cc1cccc(C(F)(F)F)c1)C(=O)C1CCC(C2C=CC=CC2)CC1. The molecule has 0 radical (unpaired) electrons. The van der Waals surface area contributed by atoms with Gasteiger partial charge in [-0.15, -0.1) is 0 Å². The highest BCUT2D eigenvalue weighted by Crippen LogP contribution is 2.38. The first-order valence-electron chi connectivity index (χ1n) is 11.0. The van der Waals surface area contributed by atoms with Crippen molar-refractivity contribution in [2.24, 2.45) is 23.7 Å². The Balaban J connectivity index is 1.69. The van der Waals surface area contributed by atoms with Crippen LogP contribution in [0.4, 0.5) is 13.2 Å². The van der Waals surface area contributed by atoms with Gasteiger partial charge in [0.25, 0.3) is 0 Å². The summed E-state index contributed by atoms with van der Waals surface area (Å²) in [6, 6.07) is 4.83. The Kier molecular flexibility index (Phi) is 7.74. The van der Waals surface area contributed by atoms with Crippen LogP contribution in [0.3, 0.4) is 0 Å². The molecule has 168 valence electrons. The summed E-state index contributed by atoms with van der Waals surface area (Å²) in [6.07, 6.45) is 8.21. The van der Waals surface area contributed by atoms with Gasteiger partial charge < -0.3 is 4.74 Å². The van der Waals surface area contributed by atoms with E-state index in [1.807, 2.05) is 6.08 Å². The predicted molar refractivity (Wildman–Crippen MR) is 112 cm³/mol. The molecule has 0 N–H and O–H groups in total. The van der Waals surface area contributed by atoms with E-state index >= 15 is 0 Å². The monoisotopic (exact) mass is 434 g/mol. The van der Waals surface area contributed by atoms with Gasteiger partial charge in [-0.2, -0.15) is 13.2 Å². The number of ether oxygens (including phenoxy) is 1. The maximum absolute atomic E-state index is 13.2. The van der Waals surface area contributed by atoms with E-state index in [-0.39, 0.29) is 24.7 Å². The Morgan fingerprint density at radius 2 is 1.87 bits per heavy atom. The molecule has 2 aliphatic carbocycles. The van der Waals surface area contributed by atoms with Crippen molar-refractivity contribution in [1.82, 2.24) is 0 Å². The van der Waals surface area contributed by atoms with Crippen LogP contribution in [-0.4, -0.2) is 18.4 Å². The number of carbonyl (C=O) groups excluding carboxylic acids is 2. The Bertz CT molecular complexity index is 833. The zero-order valence-corrected chi connectivity index (χ0v) is 17.7. The van der Waals surface area contributed by atoms with Crippen LogP contribution in [0.15, 0.2) is 48.6 Å². The Hall–Kier alpha value is -2.37. The molecule has 3 nitrogen and oxygen atoms in total. The van der Waals surface area contributed by atoms with Crippen molar-refractivity contribution in [2.45, 2.75) is 51.6 Å². The van der Waals surface area contributed by atoms with Gasteiger partial charge in [0.05, 0.1) is 12.2 Å². The summed E-state index contributed by atoms with van der Waals surface area (Å²) >= 11 is 0. The van der Waals surface area contributed by atoms with Crippen molar-refractivity contribution in [1.29, 1.82) is 0 Å². The molecule has 31 heavy (non-hydrogen) atoms. The number of allylic oxidation sites excluding steroid dienone is 4. The zero-order chi connectivity index (χ0) is 22.4. The topological polar surface area (TPSA) is 43.4 Å². The Morgan fingerprint density at radius 1 is 1.13 bits per heavy atom. The molecule has 0 amide bonds. The van der Waals surface area contributed by atoms with Gasteiger partial charge >= 0.3 is 12.1 Å². The van der Waals surface area contributed by atoms with Gasteiger partial charge in [-0.25, -0.2) is 0 Å². The molecule has 1 saturated carbocycles. The van der Waals surface area contributed by atoms with Crippen LogP contribution in [0.1, 0.15) is 50.2 Å². The van der Waals surface area contributed by atoms with Crippen LogP contribution < -0.4 is 0 Å². The van der Waals surface area contributed by atoms with Crippen LogP contribution >= 0.6 is 0 Å². The van der Waals surface area contributed by atoms with E-state index in [4.69, 9.17) is 4.74 Å². The van der Waals surface area contributed by atoms with Crippen molar-refractivity contribution in [3.05, 3.63) is 59.7 Å². The minimum atomic E-state index is -4.47. The molecule has 0 aromatic heterocycles. The van der Waals surface area contributed by atoms with Gasteiger partial charge in [0.2, 0.25) is 0 Å². The fraction of sp³-hybridized carbons (Fsp3) is 0.520. The summed E-state index contributed by atoms with van der Waals surface area (Å²) < 4.78 is 44.3. The number of esters is 1. The first-order valence-corrected chi connectivity index (χ1v) is 11.0. The van der Waals surface area contributed by atoms with Crippen LogP contribution in [0, 0.1) is 23.7 Å². The number of rotatable bonds is 7. The van der Waals surface area contributed by atoms with Gasteiger partial charge in [0.1, 0.15) is 5.92 Å². The number of halogens is 3. The van der Waals surface area contributed by atoms with Crippen molar-refractivity contribution in [2.75, 3.05) is 6.61 Å². The second-order valence-corrected chi connectivity index (χ2v) is 8.43. The van der Waals surface area contributed by atoms with Crippen LogP contribution in [0.5, 0.6) is 0 Å². The van der Waals surface area contributed by atoms with E-state index in [9.17, 15) is 22.8 Å². The lowest BCUT2D eigenvalue weighted by Crippen LogP contribution is -2.35. The number of alkyl halides is 3. The molecule has 1 aromatic carbocycles.